The standard InChI is InChI=1S/C18H17ClN2O3S/c19-13-7-11(8-14-17(13)24-6-2-5-23-14)10-20-21-18(22)16-9-12-3-1-4-15(12)25-16/h7-10H,1-6H2,(H,21,22)/b20-10-. The highest BCUT2D eigenvalue weighted by Crippen LogP contribution is 2.37. The smallest absolute Gasteiger partial charge is 0.281 e. The van der Waals surface area contributed by atoms with E-state index in [1.54, 1.807) is 23.6 Å². The van der Waals surface area contributed by atoms with Gasteiger partial charge in [0.1, 0.15) is 0 Å². The number of amides is 1. The zero-order valence-electron chi connectivity index (χ0n) is 13.5. The Hall–Kier alpha value is -2.05. The number of hydrazone groups is 1. The number of fused-ring (bicyclic) bond motifs is 2. The first-order chi connectivity index (χ1) is 12.2. The Kier molecular flexibility index (Phi) is 4.63. The molecule has 0 spiro atoms. The Morgan fingerprint density at radius 1 is 1.20 bits per heavy atom. The fourth-order valence-corrected chi connectivity index (χ4v) is 4.40. The van der Waals surface area contributed by atoms with Crippen molar-refractivity contribution in [2.24, 2.45) is 5.10 Å². The lowest BCUT2D eigenvalue weighted by Gasteiger charge is -2.09. The Morgan fingerprint density at radius 2 is 2.08 bits per heavy atom. The molecule has 0 fully saturated rings. The predicted molar refractivity (Wildman–Crippen MR) is 98.5 cm³/mol. The largest absolute Gasteiger partial charge is 0.489 e. The average Bonchev–Trinajstić information content (AvgIpc) is 3.10. The maximum Gasteiger partial charge on any atom is 0.281 e. The molecule has 1 aromatic carbocycles. The third-order valence-electron chi connectivity index (χ3n) is 4.17. The number of benzene rings is 1. The minimum absolute atomic E-state index is 0.184. The first kappa shape index (κ1) is 16.4. The number of hydrogen-bond acceptors (Lipinski definition) is 5. The molecule has 1 N–H and O–H groups in total. The Balaban J connectivity index is 1.45. The van der Waals surface area contributed by atoms with Crippen molar-refractivity contribution in [3.05, 3.63) is 44.1 Å². The van der Waals surface area contributed by atoms with Crippen LogP contribution in [0.5, 0.6) is 11.5 Å². The lowest BCUT2D eigenvalue weighted by molar-refractivity contribution is 0.0959. The van der Waals surface area contributed by atoms with Gasteiger partial charge in [-0.1, -0.05) is 11.6 Å². The van der Waals surface area contributed by atoms with E-state index in [9.17, 15) is 4.79 Å². The molecule has 0 bridgehead atoms. The number of carbonyl (C=O) groups is 1. The van der Waals surface area contributed by atoms with Gasteiger partial charge in [-0.05, 0) is 48.6 Å². The van der Waals surface area contributed by atoms with Crippen LogP contribution in [0.1, 0.15) is 38.5 Å². The topological polar surface area (TPSA) is 59.9 Å². The van der Waals surface area contributed by atoms with E-state index in [1.165, 1.54) is 16.9 Å². The summed E-state index contributed by atoms with van der Waals surface area (Å²) in [5.41, 5.74) is 4.61. The molecule has 2 aromatic rings. The first-order valence-electron chi connectivity index (χ1n) is 8.25. The maximum absolute atomic E-state index is 12.2. The van der Waals surface area contributed by atoms with Crippen molar-refractivity contribution in [3.63, 3.8) is 0 Å². The van der Waals surface area contributed by atoms with Crippen molar-refractivity contribution in [2.45, 2.75) is 25.7 Å². The molecule has 2 heterocycles. The predicted octanol–water partition coefficient (Wildman–Crippen LogP) is 3.82. The molecule has 0 atom stereocenters. The number of rotatable bonds is 3. The van der Waals surface area contributed by atoms with E-state index in [2.05, 4.69) is 10.5 Å². The van der Waals surface area contributed by atoms with Crippen LogP contribution in [0.4, 0.5) is 0 Å². The van der Waals surface area contributed by atoms with Crippen LogP contribution in [0, 0.1) is 0 Å². The normalized spacial score (nSPS) is 15.9. The molecule has 7 heteroatoms. The number of ether oxygens (including phenoxy) is 2. The maximum atomic E-state index is 12.2. The SMILES string of the molecule is O=C(N/N=C\c1cc(Cl)c2c(c1)OCCCO2)c1cc2c(s1)CCC2. The van der Waals surface area contributed by atoms with E-state index < -0.39 is 0 Å². The minimum atomic E-state index is -0.184. The highest BCUT2D eigenvalue weighted by molar-refractivity contribution is 7.14. The number of thiophene rings is 1. The highest BCUT2D eigenvalue weighted by Gasteiger charge is 2.18. The quantitative estimate of drug-likeness (QED) is 0.654. The summed E-state index contributed by atoms with van der Waals surface area (Å²) in [7, 11) is 0. The molecule has 1 aliphatic carbocycles. The van der Waals surface area contributed by atoms with Crippen LogP contribution in [-0.4, -0.2) is 25.3 Å². The van der Waals surface area contributed by atoms with Crippen LogP contribution in [0.3, 0.4) is 0 Å². The fraction of sp³-hybridized carbons (Fsp3) is 0.333. The van der Waals surface area contributed by atoms with E-state index in [4.69, 9.17) is 21.1 Å². The van der Waals surface area contributed by atoms with Gasteiger partial charge in [0.2, 0.25) is 0 Å². The molecule has 0 radical (unpaired) electrons. The molecule has 5 nitrogen and oxygen atoms in total. The summed E-state index contributed by atoms with van der Waals surface area (Å²) in [6, 6.07) is 5.52. The van der Waals surface area contributed by atoms with E-state index in [-0.39, 0.29) is 5.91 Å². The molecule has 0 unspecified atom stereocenters. The summed E-state index contributed by atoms with van der Waals surface area (Å²) < 4.78 is 11.2. The zero-order valence-corrected chi connectivity index (χ0v) is 15.1. The summed E-state index contributed by atoms with van der Waals surface area (Å²) in [6.07, 6.45) is 5.70. The van der Waals surface area contributed by atoms with Crippen LogP contribution in [0.15, 0.2) is 23.3 Å². The number of nitrogens with zero attached hydrogens (tertiary/aromatic N) is 1. The van der Waals surface area contributed by atoms with Gasteiger partial charge in [0.15, 0.2) is 11.5 Å². The average molecular weight is 377 g/mol. The zero-order chi connectivity index (χ0) is 17.2. The van der Waals surface area contributed by atoms with Crippen LogP contribution < -0.4 is 14.9 Å². The molecule has 130 valence electrons. The van der Waals surface area contributed by atoms with Crippen LogP contribution in [-0.2, 0) is 12.8 Å². The van der Waals surface area contributed by atoms with Crippen molar-refractivity contribution in [3.8, 4) is 11.5 Å². The van der Waals surface area contributed by atoms with Crippen LogP contribution in [0.2, 0.25) is 5.02 Å². The molecule has 0 saturated heterocycles. The second kappa shape index (κ2) is 7.06. The Morgan fingerprint density at radius 3 is 2.96 bits per heavy atom. The van der Waals surface area contributed by atoms with Crippen molar-refractivity contribution >= 4 is 35.1 Å². The second-order valence-corrected chi connectivity index (χ2v) is 7.54. The van der Waals surface area contributed by atoms with Gasteiger partial charge in [-0.3, -0.25) is 4.79 Å². The number of hydrogen-bond donors (Lipinski definition) is 1. The minimum Gasteiger partial charge on any atom is -0.489 e. The molecular weight excluding hydrogens is 360 g/mol. The summed E-state index contributed by atoms with van der Waals surface area (Å²) in [6.45, 7) is 1.17. The van der Waals surface area contributed by atoms with E-state index >= 15 is 0 Å². The number of halogens is 1. The van der Waals surface area contributed by atoms with E-state index in [0.717, 1.165) is 24.8 Å². The number of aryl methyl sites for hydroxylation is 2. The lowest BCUT2D eigenvalue weighted by atomic mass is 10.2. The van der Waals surface area contributed by atoms with Gasteiger partial charge in [0.05, 0.1) is 29.3 Å². The number of carbonyl (C=O) groups excluding carboxylic acids is 1. The fourth-order valence-electron chi connectivity index (χ4n) is 2.99. The van der Waals surface area contributed by atoms with Gasteiger partial charge in [0, 0.05) is 11.3 Å². The molecule has 4 rings (SSSR count). The van der Waals surface area contributed by atoms with Gasteiger partial charge in [-0.25, -0.2) is 5.43 Å². The summed E-state index contributed by atoms with van der Waals surface area (Å²) in [5.74, 6) is 0.983. The summed E-state index contributed by atoms with van der Waals surface area (Å²) in [5, 5.41) is 4.52. The monoisotopic (exact) mass is 376 g/mol. The van der Waals surface area contributed by atoms with Gasteiger partial charge in [-0.15, -0.1) is 11.3 Å². The third-order valence-corrected chi connectivity index (χ3v) is 5.69. The van der Waals surface area contributed by atoms with Gasteiger partial charge in [0.25, 0.3) is 5.91 Å². The van der Waals surface area contributed by atoms with Gasteiger partial charge < -0.3 is 9.47 Å². The molecule has 1 aliphatic heterocycles. The van der Waals surface area contributed by atoms with E-state index in [1.807, 2.05) is 12.1 Å². The molecule has 25 heavy (non-hydrogen) atoms. The summed E-state index contributed by atoms with van der Waals surface area (Å²) in [4.78, 5) is 14.2. The molecular formula is C18H17ClN2O3S. The van der Waals surface area contributed by atoms with E-state index in [0.29, 0.717) is 34.6 Å². The van der Waals surface area contributed by atoms with Crippen molar-refractivity contribution in [1.82, 2.24) is 5.43 Å². The molecule has 0 saturated carbocycles. The van der Waals surface area contributed by atoms with Gasteiger partial charge in [-0.2, -0.15) is 5.10 Å². The summed E-state index contributed by atoms with van der Waals surface area (Å²) >= 11 is 7.80. The van der Waals surface area contributed by atoms with Crippen molar-refractivity contribution in [1.29, 1.82) is 0 Å². The van der Waals surface area contributed by atoms with Crippen LogP contribution in [0.25, 0.3) is 0 Å². The third kappa shape index (κ3) is 3.50. The Bertz CT molecular complexity index is 826. The number of nitrogens with one attached hydrogen (secondary N) is 1. The first-order valence-corrected chi connectivity index (χ1v) is 9.44. The Labute approximate surface area is 154 Å². The van der Waals surface area contributed by atoms with Crippen molar-refractivity contribution in [2.75, 3.05) is 13.2 Å². The van der Waals surface area contributed by atoms with Crippen LogP contribution >= 0.6 is 22.9 Å². The highest BCUT2D eigenvalue weighted by atomic mass is 35.5. The molecule has 1 aromatic heterocycles. The molecule has 1 amide bonds. The second-order valence-electron chi connectivity index (χ2n) is 5.99. The van der Waals surface area contributed by atoms with Gasteiger partial charge >= 0.3 is 0 Å². The lowest BCUT2D eigenvalue weighted by Crippen LogP contribution is -2.16. The van der Waals surface area contributed by atoms with Crippen molar-refractivity contribution < 1.29 is 14.3 Å². The molecule has 2 aliphatic rings.